The zero-order valence-electron chi connectivity index (χ0n) is 67.3. The third-order valence-corrected chi connectivity index (χ3v) is 22.9. The summed E-state index contributed by atoms with van der Waals surface area (Å²) in [6.45, 7) is 1.89. The maximum absolute atomic E-state index is 13.5. The number of ether oxygens (including phenoxy) is 6. The normalized spacial score (nSPS) is 25.7. The summed E-state index contributed by atoms with van der Waals surface area (Å²) in [5.41, 5.74) is 0. The topological polar surface area (TPSA) is 307 Å². The molecule has 17 unspecified atom stereocenters. The van der Waals surface area contributed by atoms with Crippen molar-refractivity contribution in [3.05, 3.63) is 0 Å². The minimum Gasteiger partial charge on any atom is -0.394 e. The molecule has 0 aliphatic carbocycles. The molecular formula is C86H167NO18. The molecule has 624 valence electrons. The monoisotopic (exact) mass is 1500 g/mol. The third-order valence-electron chi connectivity index (χ3n) is 22.9. The lowest BCUT2D eigenvalue weighted by atomic mass is 9.96. The Kier molecular flexibility index (Phi) is 62.8. The van der Waals surface area contributed by atoms with Gasteiger partial charge in [-0.15, -0.1) is 0 Å². The van der Waals surface area contributed by atoms with Gasteiger partial charge in [0.25, 0.3) is 0 Å². The van der Waals surface area contributed by atoms with Crippen molar-refractivity contribution in [3.63, 3.8) is 0 Å². The fraction of sp³-hybridized carbons (Fsp3) is 0.988. The van der Waals surface area contributed by atoms with E-state index in [2.05, 4.69) is 19.2 Å². The van der Waals surface area contributed by atoms with Crippen LogP contribution >= 0.6 is 0 Å². The van der Waals surface area contributed by atoms with Crippen LogP contribution in [0.4, 0.5) is 0 Å². The number of aliphatic hydroxyl groups is 11. The van der Waals surface area contributed by atoms with E-state index in [0.29, 0.717) is 12.8 Å². The van der Waals surface area contributed by atoms with Gasteiger partial charge in [0, 0.05) is 6.42 Å². The van der Waals surface area contributed by atoms with Crippen molar-refractivity contribution in [1.29, 1.82) is 0 Å². The number of hydrogen-bond acceptors (Lipinski definition) is 18. The first kappa shape index (κ1) is 98.0. The van der Waals surface area contributed by atoms with Crippen LogP contribution in [-0.4, -0.2) is 193 Å². The first-order valence-electron chi connectivity index (χ1n) is 44.8. The molecule has 3 rings (SSSR count). The summed E-state index contributed by atoms with van der Waals surface area (Å²) in [7, 11) is 0. The van der Waals surface area contributed by atoms with Crippen molar-refractivity contribution < 1.29 is 89.4 Å². The van der Waals surface area contributed by atoms with Gasteiger partial charge in [-0.3, -0.25) is 4.79 Å². The highest BCUT2D eigenvalue weighted by atomic mass is 16.8. The fourth-order valence-corrected chi connectivity index (χ4v) is 15.8. The Morgan fingerprint density at radius 3 is 0.829 bits per heavy atom. The van der Waals surface area contributed by atoms with Crippen LogP contribution in [0.3, 0.4) is 0 Å². The van der Waals surface area contributed by atoms with Crippen LogP contribution in [0.25, 0.3) is 0 Å². The van der Waals surface area contributed by atoms with Gasteiger partial charge in [0.15, 0.2) is 18.9 Å². The van der Waals surface area contributed by atoms with Gasteiger partial charge < -0.3 is 89.9 Å². The van der Waals surface area contributed by atoms with Gasteiger partial charge >= 0.3 is 0 Å². The van der Waals surface area contributed by atoms with Crippen LogP contribution in [-0.2, 0) is 33.2 Å². The van der Waals surface area contributed by atoms with Crippen LogP contribution in [0.15, 0.2) is 0 Å². The van der Waals surface area contributed by atoms with E-state index in [4.69, 9.17) is 28.4 Å². The number of rotatable bonds is 74. The standard InChI is InChI=1S/C86H167NO18/c1-3-5-7-9-11-13-15-17-19-21-23-25-27-29-31-33-34-35-36-38-40-42-44-46-48-50-52-54-56-58-60-62-64-74(92)87-69(70(91)63-61-59-57-55-53-51-49-47-45-43-41-39-37-32-30-28-26-24-22-20-18-16-14-12-10-8-6-4-2)68-100-84-80(98)77(95)82(72(66-89)102-84)105-86-81(99)78(96)83(73(67-90)103-86)104-85-79(97)76(94)75(93)71(65-88)101-85/h69-73,75-86,88-91,93-99H,3-68H2,1-2H3,(H,87,92). The second-order valence-electron chi connectivity index (χ2n) is 32.4. The highest BCUT2D eigenvalue weighted by Crippen LogP contribution is 2.34. The summed E-state index contributed by atoms with van der Waals surface area (Å²) < 4.78 is 34.6. The molecule has 12 N–H and O–H groups in total. The summed E-state index contributed by atoms with van der Waals surface area (Å²) in [6.07, 6.45) is 53.6. The Bertz CT molecular complexity index is 1890. The highest BCUT2D eigenvalue weighted by Gasteiger charge is 2.54. The molecule has 3 aliphatic rings. The average molecular weight is 1500 g/mol. The van der Waals surface area contributed by atoms with Gasteiger partial charge in [0.1, 0.15) is 73.2 Å². The molecule has 3 heterocycles. The van der Waals surface area contributed by atoms with E-state index in [1.165, 1.54) is 334 Å². The lowest BCUT2D eigenvalue weighted by molar-refractivity contribution is -0.379. The molecule has 0 radical (unpaired) electrons. The lowest BCUT2D eigenvalue weighted by Gasteiger charge is -2.48. The zero-order valence-corrected chi connectivity index (χ0v) is 67.3. The number of unbranched alkanes of at least 4 members (excludes halogenated alkanes) is 58. The Labute approximate surface area is 640 Å². The van der Waals surface area contributed by atoms with E-state index in [0.717, 1.165) is 44.9 Å². The molecule has 3 fully saturated rings. The summed E-state index contributed by atoms with van der Waals surface area (Å²) in [4.78, 5) is 13.5. The van der Waals surface area contributed by atoms with Crippen LogP contribution in [0.2, 0.25) is 0 Å². The maximum Gasteiger partial charge on any atom is 0.220 e. The Morgan fingerprint density at radius 2 is 0.543 bits per heavy atom. The molecule has 0 saturated carbocycles. The van der Waals surface area contributed by atoms with Gasteiger partial charge in [0.05, 0.1) is 38.6 Å². The Morgan fingerprint density at radius 1 is 0.305 bits per heavy atom. The van der Waals surface area contributed by atoms with E-state index in [9.17, 15) is 61.0 Å². The van der Waals surface area contributed by atoms with Crippen LogP contribution in [0.5, 0.6) is 0 Å². The molecule has 105 heavy (non-hydrogen) atoms. The van der Waals surface area contributed by atoms with Crippen LogP contribution in [0, 0.1) is 0 Å². The molecule has 0 aromatic carbocycles. The third kappa shape index (κ3) is 46.5. The van der Waals surface area contributed by atoms with Crippen molar-refractivity contribution in [2.24, 2.45) is 0 Å². The Balaban J connectivity index is 1.32. The molecule has 3 saturated heterocycles. The minimum absolute atomic E-state index is 0.231. The fourth-order valence-electron chi connectivity index (χ4n) is 15.8. The first-order chi connectivity index (χ1) is 51.3. The molecule has 0 aromatic rings. The smallest absolute Gasteiger partial charge is 0.220 e. The van der Waals surface area contributed by atoms with E-state index in [1.54, 1.807) is 0 Å². The van der Waals surface area contributed by atoms with Gasteiger partial charge in [-0.25, -0.2) is 0 Å². The van der Waals surface area contributed by atoms with Crippen molar-refractivity contribution in [2.45, 2.75) is 516 Å². The van der Waals surface area contributed by atoms with Crippen molar-refractivity contribution in [2.75, 3.05) is 26.4 Å². The zero-order chi connectivity index (χ0) is 76.0. The van der Waals surface area contributed by atoms with Gasteiger partial charge in [-0.05, 0) is 12.8 Å². The summed E-state index contributed by atoms with van der Waals surface area (Å²) in [5, 5.41) is 121. The number of hydrogen-bond donors (Lipinski definition) is 12. The largest absolute Gasteiger partial charge is 0.394 e. The van der Waals surface area contributed by atoms with Crippen LogP contribution < -0.4 is 5.32 Å². The molecular weight excluding hydrogens is 1330 g/mol. The predicted molar refractivity (Wildman–Crippen MR) is 421 cm³/mol. The second kappa shape index (κ2) is 67.3. The van der Waals surface area contributed by atoms with E-state index >= 15 is 0 Å². The SMILES string of the molecule is CCCCCCCCCCCCCCCCCCCCCCCCCCCCCCCCCCC(=O)NC(COC1OC(CO)C(OC2OC(CO)C(OC3OC(CO)C(O)C(O)C3O)C(O)C2O)C(O)C1O)C(O)CCCCCCCCCCCCCCCCCCCCCCCCCCCCCC. The van der Waals surface area contributed by atoms with E-state index < -0.39 is 124 Å². The van der Waals surface area contributed by atoms with Gasteiger partial charge in [-0.1, -0.05) is 393 Å². The van der Waals surface area contributed by atoms with E-state index in [1.807, 2.05) is 0 Å². The molecule has 17 atom stereocenters. The molecule has 0 spiro atoms. The average Bonchev–Trinajstić information content (AvgIpc) is 0.780. The second-order valence-corrected chi connectivity index (χ2v) is 32.4. The van der Waals surface area contributed by atoms with Gasteiger partial charge in [0.2, 0.25) is 5.91 Å². The molecule has 19 heteroatoms. The Hall–Kier alpha value is -1.21. The summed E-state index contributed by atoms with van der Waals surface area (Å²) in [6, 6.07) is -0.884. The van der Waals surface area contributed by atoms with Crippen molar-refractivity contribution in [3.8, 4) is 0 Å². The van der Waals surface area contributed by atoms with Crippen LogP contribution in [0.1, 0.15) is 412 Å². The highest BCUT2D eigenvalue weighted by molar-refractivity contribution is 5.76. The minimum atomic E-state index is -1.97. The number of carbonyl (C=O) groups excluding carboxylic acids is 1. The molecule has 3 aliphatic heterocycles. The molecule has 1 amide bonds. The van der Waals surface area contributed by atoms with Crippen molar-refractivity contribution in [1.82, 2.24) is 5.32 Å². The van der Waals surface area contributed by atoms with Gasteiger partial charge in [-0.2, -0.15) is 0 Å². The number of carbonyl (C=O) groups is 1. The number of nitrogens with one attached hydrogen (secondary N) is 1. The number of amides is 1. The summed E-state index contributed by atoms with van der Waals surface area (Å²) >= 11 is 0. The lowest BCUT2D eigenvalue weighted by Crippen LogP contribution is -2.66. The van der Waals surface area contributed by atoms with E-state index in [-0.39, 0.29) is 18.9 Å². The summed E-state index contributed by atoms with van der Waals surface area (Å²) in [5.74, 6) is -0.231. The first-order valence-corrected chi connectivity index (χ1v) is 44.8. The quantitative estimate of drug-likeness (QED) is 0.0252. The molecule has 19 nitrogen and oxygen atoms in total. The molecule has 0 bridgehead atoms. The number of aliphatic hydroxyl groups excluding tert-OH is 11. The molecule has 0 aromatic heterocycles. The van der Waals surface area contributed by atoms with Crippen molar-refractivity contribution >= 4 is 5.91 Å². The predicted octanol–water partition coefficient (Wildman–Crippen LogP) is 16.5. The maximum atomic E-state index is 13.5.